The molecule has 2 heterocycles. The zero-order valence-corrected chi connectivity index (χ0v) is 13.9. The highest BCUT2D eigenvalue weighted by molar-refractivity contribution is 7.13. The van der Waals surface area contributed by atoms with Crippen LogP contribution in [0.15, 0.2) is 41.8 Å². The summed E-state index contributed by atoms with van der Waals surface area (Å²) >= 11 is 1.06. The highest BCUT2D eigenvalue weighted by Crippen LogP contribution is 2.33. The van der Waals surface area contributed by atoms with Gasteiger partial charge in [0.05, 0.1) is 0 Å². The Balaban J connectivity index is 1.49. The van der Waals surface area contributed by atoms with Gasteiger partial charge in [0, 0.05) is 38.1 Å². The van der Waals surface area contributed by atoms with Crippen LogP contribution in [0.5, 0.6) is 0 Å². The van der Waals surface area contributed by atoms with Gasteiger partial charge in [-0.15, -0.1) is 11.3 Å². The zero-order chi connectivity index (χ0) is 17.0. The molecule has 128 valence electrons. The lowest BCUT2D eigenvalue weighted by Gasteiger charge is -2.33. The van der Waals surface area contributed by atoms with E-state index in [0.717, 1.165) is 36.4 Å². The molecule has 7 heteroatoms. The number of aromatic nitrogens is 1. The summed E-state index contributed by atoms with van der Waals surface area (Å²) in [4.78, 5) is 7.93. The summed E-state index contributed by atoms with van der Waals surface area (Å²) in [5, 5.41) is 1.55. The Hall–Kier alpha value is -1.86. The molecule has 1 aromatic heterocycles. The van der Waals surface area contributed by atoms with Gasteiger partial charge in [-0.05, 0) is 5.56 Å². The van der Waals surface area contributed by atoms with Crippen molar-refractivity contribution in [1.29, 1.82) is 0 Å². The molecule has 0 saturated carbocycles. The van der Waals surface area contributed by atoms with E-state index < -0.39 is 11.9 Å². The number of thiazole rings is 1. The molecular formula is C17H18F3N3S. The van der Waals surface area contributed by atoms with Crippen LogP contribution >= 0.6 is 11.3 Å². The minimum atomic E-state index is -4.36. The summed E-state index contributed by atoms with van der Waals surface area (Å²) in [5.74, 6) is 0. The van der Waals surface area contributed by atoms with Gasteiger partial charge in [0.25, 0.3) is 0 Å². The number of halogens is 3. The number of anilines is 1. The quantitative estimate of drug-likeness (QED) is 0.828. The second kappa shape index (κ2) is 7.36. The molecule has 0 bridgehead atoms. The molecule has 1 aliphatic heterocycles. The van der Waals surface area contributed by atoms with Crippen LogP contribution in [0.1, 0.15) is 11.3 Å². The Labute approximate surface area is 143 Å². The summed E-state index contributed by atoms with van der Waals surface area (Å²) in [6.45, 7) is 3.88. The van der Waals surface area contributed by atoms with Crippen molar-refractivity contribution >= 4 is 22.5 Å². The first-order valence-corrected chi connectivity index (χ1v) is 8.62. The Morgan fingerprint density at radius 2 is 1.79 bits per heavy atom. The van der Waals surface area contributed by atoms with Crippen LogP contribution in [0.25, 0.3) is 6.08 Å². The highest BCUT2D eigenvalue weighted by Gasteiger charge is 2.34. The van der Waals surface area contributed by atoms with Gasteiger partial charge in [-0.1, -0.05) is 42.5 Å². The second-order valence-corrected chi connectivity index (χ2v) is 6.45. The van der Waals surface area contributed by atoms with Crippen molar-refractivity contribution in [2.75, 3.05) is 37.6 Å². The Bertz CT molecular complexity index is 674. The Kier molecular flexibility index (Phi) is 5.20. The van der Waals surface area contributed by atoms with Crippen molar-refractivity contribution < 1.29 is 13.2 Å². The van der Waals surface area contributed by atoms with Gasteiger partial charge in [0.2, 0.25) is 0 Å². The first-order chi connectivity index (χ1) is 11.5. The molecule has 0 radical (unpaired) electrons. The third-order valence-corrected chi connectivity index (χ3v) is 4.80. The van der Waals surface area contributed by atoms with E-state index in [2.05, 4.69) is 34.2 Å². The summed E-state index contributed by atoms with van der Waals surface area (Å²) in [6.07, 6.45) is -0.155. The molecule has 0 spiro atoms. The third-order valence-electron chi connectivity index (χ3n) is 3.90. The maximum Gasteiger partial charge on any atom is 0.434 e. The molecule has 0 atom stereocenters. The molecular weight excluding hydrogens is 335 g/mol. The largest absolute Gasteiger partial charge is 0.434 e. The van der Waals surface area contributed by atoms with Crippen molar-refractivity contribution in [3.05, 3.63) is 53.0 Å². The van der Waals surface area contributed by atoms with Crippen LogP contribution in [0, 0.1) is 0 Å². The van der Waals surface area contributed by atoms with E-state index in [9.17, 15) is 13.2 Å². The minimum absolute atomic E-state index is 0.460. The zero-order valence-electron chi connectivity index (χ0n) is 13.0. The Morgan fingerprint density at radius 3 is 2.42 bits per heavy atom. The van der Waals surface area contributed by atoms with E-state index in [1.165, 1.54) is 5.56 Å². The van der Waals surface area contributed by atoms with Crippen LogP contribution in [-0.2, 0) is 6.18 Å². The van der Waals surface area contributed by atoms with Gasteiger partial charge in [0.1, 0.15) is 0 Å². The molecule has 3 rings (SSSR count). The number of alkyl halides is 3. The molecule has 2 aromatic rings. The summed E-state index contributed by atoms with van der Waals surface area (Å²) in [6, 6.07) is 10.1. The fraction of sp³-hybridized carbons (Fsp3) is 0.353. The van der Waals surface area contributed by atoms with Crippen molar-refractivity contribution in [2.45, 2.75) is 6.18 Å². The number of hydrogen-bond acceptors (Lipinski definition) is 4. The summed E-state index contributed by atoms with van der Waals surface area (Å²) in [5.41, 5.74) is 0.370. The third kappa shape index (κ3) is 4.36. The van der Waals surface area contributed by atoms with Crippen LogP contribution < -0.4 is 4.90 Å². The summed E-state index contributed by atoms with van der Waals surface area (Å²) in [7, 11) is 0. The van der Waals surface area contributed by atoms with Crippen molar-refractivity contribution in [2.24, 2.45) is 0 Å². The van der Waals surface area contributed by atoms with Crippen molar-refractivity contribution in [1.82, 2.24) is 9.88 Å². The molecule has 0 N–H and O–H groups in total. The summed E-state index contributed by atoms with van der Waals surface area (Å²) < 4.78 is 37.9. The monoisotopic (exact) mass is 353 g/mol. The lowest BCUT2D eigenvalue weighted by Crippen LogP contribution is -2.46. The molecule has 1 aliphatic rings. The number of hydrogen-bond donors (Lipinski definition) is 0. The van der Waals surface area contributed by atoms with E-state index in [1.54, 1.807) is 0 Å². The maximum absolute atomic E-state index is 12.6. The van der Waals surface area contributed by atoms with Gasteiger partial charge in [-0.2, -0.15) is 13.2 Å². The number of nitrogens with zero attached hydrogens (tertiary/aromatic N) is 3. The van der Waals surface area contributed by atoms with E-state index in [4.69, 9.17) is 0 Å². The number of piperazine rings is 1. The normalized spacial score (nSPS) is 16.9. The highest BCUT2D eigenvalue weighted by atomic mass is 32.1. The van der Waals surface area contributed by atoms with Crippen molar-refractivity contribution in [3.8, 4) is 0 Å². The van der Waals surface area contributed by atoms with E-state index in [-0.39, 0.29) is 0 Å². The molecule has 0 aliphatic carbocycles. The smallest absolute Gasteiger partial charge is 0.346 e. The van der Waals surface area contributed by atoms with Gasteiger partial charge in [-0.3, -0.25) is 4.90 Å². The van der Waals surface area contributed by atoms with Crippen LogP contribution in [-0.4, -0.2) is 42.6 Å². The fourth-order valence-electron chi connectivity index (χ4n) is 2.56. The van der Waals surface area contributed by atoms with Gasteiger partial charge >= 0.3 is 6.18 Å². The van der Waals surface area contributed by atoms with E-state index in [0.29, 0.717) is 18.2 Å². The second-order valence-electron chi connectivity index (χ2n) is 5.61. The first kappa shape index (κ1) is 17.0. The van der Waals surface area contributed by atoms with Gasteiger partial charge < -0.3 is 4.90 Å². The van der Waals surface area contributed by atoms with Gasteiger partial charge in [-0.25, -0.2) is 4.98 Å². The van der Waals surface area contributed by atoms with Crippen molar-refractivity contribution in [3.63, 3.8) is 0 Å². The van der Waals surface area contributed by atoms with E-state index >= 15 is 0 Å². The fourth-order valence-corrected chi connectivity index (χ4v) is 3.45. The molecule has 0 unspecified atom stereocenters. The number of benzene rings is 1. The molecule has 24 heavy (non-hydrogen) atoms. The SMILES string of the molecule is FC(F)(F)c1csc(N2CCN(C/C=C/c3ccccc3)CC2)n1. The molecule has 1 saturated heterocycles. The molecule has 3 nitrogen and oxygen atoms in total. The predicted molar refractivity (Wildman–Crippen MR) is 91.2 cm³/mol. The molecule has 0 amide bonds. The first-order valence-electron chi connectivity index (χ1n) is 7.74. The molecule has 1 aromatic carbocycles. The topological polar surface area (TPSA) is 19.4 Å². The average molecular weight is 353 g/mol. The standard InChI is InChI=1S/C17H18F3N3S/c18-17(19,20)15-13-24-16(21-15)23-11-9-22(10-12-23)8-4-7-14-5-2-1-3-6-14/h1-7,13H,8-12H2/b7-4+. The predicted octanol–water partition coefficient (Wildman–Crippen LogP) is 4.00. The molecule has 1 fully saturated rings. The minimum Gasteiger partial charge on any atom is -0.346 e. The van der Waals surface area contributed by atoms with Crippen LogP contribution in [0.3, 0.4) is 0 Å². The lowest BCUT2D eigenvalue weighted by molar-refractivity contribution is -0.140. The Morgan fingerprint density at radius 1 is 1.08 bits per heavy atom. The van der Waals surface area contributed by atoms with Crippen LogP contribution in [0.4, 0.5) is 18.3 Å². The van der Waals surface area contributed by atoms with Gasteiger partial charge in [0.15, 0.2) is 10.8 Å². The number of rotatable bonds is 4. The van der Waals surface area contributed by atoms with E-state index in [1.807, 2.05) is 23.1 Å². The van der Waals surface area contributed by atoms with Crippen LogP contribution in [0.2, 0.25) is 0 Å². The maximum atomic E-state index is 12.6. The average Bonchev–Trinajstić information content (AvgIpc) is 3.07. The lowest BCUT2D eigenvalue weighted by atomic mass is 10.2.